The first-order valence-electron chi connectivity index (χ1n) is 7.26. The highest BCUT2D eigenvalue weighted by Crippen LogP contribution is 2.33. The van der Waals surface area contributed by atoms with Crippen molar-refractivity contribution in [3.05, 3.63) is 69.4 Å². The van der Waals surface area contributed by atoms with E-state index in [1.807, 2.05) is 0 Å². The van der Waals surface area contributed by atoms with Gasteiger partial charge in [-0.2, -0.15) is 0 Å². The lowest BCUT2D eigenvalue weighted by Gasteiger charge is -2.07. The predicted octanol–water partition coefficient (Wildman–Crippen LogP) is 4.42. The number of carbonyl (C=O) groups is 1. The molecule has 0 radical (unpaired) electrons. The lowest BCUT2D eigenvalue weighted by atomic mass is 10.0. The fraction of sp³-hybridized carbons (Fsp3) is 0.118. The Bertz CT molecular complexity index is 906. The van der Waals surface area contributed by atoms with Crippen molar-refractivity contribution in [2.45, 2.75) is 13.5 Å². The van der Waals surface area contributed by atoms with Gasteiger partial charge in [0.2, 0.25) is 0 Å². The maximum absolute atomic E-state index is 14.2. The number of amides is 1. The van der Waals surface area contributed by atoms with Gasteiger partial charge in [0.05, 0.1) is 10.6 Å². The van der Waals surface area contributed by atoms with Crippen molar-refractivity contribution in [3.63, 3.8) is 0 Å². The van der Waals surface area contributed by atoms with Gasteiger partial charge in [-0.3, -0.25) is 4.79 Å². The van der Waals surface area contributed by atoms with Crippen LogP contribution in [0.2, 0.25) is 10.2 Å². The Morgan fingerprint density at radius 3 is 2.76 bits per heavy atom. The molecule has 0 aliphatic rings. The minimum atomic E-state index is -0.586. The lowest BCUT2D eigenvalue weighted by molar-refractivity contribution is 0.0950. The third kappa shape index (κ3) is 3.65. The first-order chi connectivity index (χ1) is 12.0. The van der Waals surface area contributed by atoms with Crippen molar-refractivity contribution >= 4 is 29.1 Å². The summed E-state index contributed by atoms with van der Waals surface area (Å²) in [6, 6.07) is 7.60. The average molecular weight is 380 g/mol. The van der Waals surface area contributed by atoms with Crippen LogP contribution in [0.5, 0.6) is 0 Å². The molecule has 3 rings (SSSR count). The number of aromatic nitrogens is 2. The van der Waals surface area contributed by atoms with Crippen LogP contribution in [0.15, 0.2) is 41.1 Å². The van der Waals surface area contributed by atoms with Gasteiger partial charge in [-0.25, -0.2) is 9.37 Å². The summed E-state index contributed by atoms with van der Waals surface area (Å²) in [7, 11) is 0. The molecule has 0 unspecified atom stereocenters. The van der Waals surface area contributed by atoms with Gasteiger partial charge in [-0.1, -0.05) is 40.5 Å². The molecule has 5 nitrogen and oxygen atoms in total. The van der Waals surface area contributed by atoms with Crippen LogP contribution in [0.25, 0.3) is 11.3 Å². The quantitative estimate of drug-likeness (QED) is 0.681. The van der Waals surface area contributed by atoms with Gasteiger partial charge in [0.1, 0.15) is 28.0 Å². The number of rotatable bonds is 4. The van der Waals surface area contributed by atoms with E-state index >= 15 is 0 Å². The molecule has 0 fully saturated rings. The van der Waals surface area contributed by atoms with Crippen LogP contribution in [-0.2, 0) is 6.54 Å². The molecule has 0 bridgehead atoms. The van der Waals surface area contributed by atoms with E-state index < -0.39 is 11.7 Å². The summed E-state index contributed by atoms with van der Waals surface area (Å²) >= 11 is 11.8. The largest absolute Gasteiger partial charge is 0.360 e. The normalized spacial score (nSPS) is 10.7. The van der Waals surface area contributed by atoms with Gasteiger partial charge in [-0.05, 0) is 30.7 Å². The molecule has 3 aromatic rings. The van der Waals surface area contributed by atoms with E-state index in [4.69, 9.17) is 27.7 Å². The third-order valence-corrected chi connectivity index (χ3v) is 4.07. The number of nitrogens with one attached hydrogen (secondary N) is 1. The second kappa shape index (κ2) is 7.21. The molecule has 1 N–H and O–H groups in total. The number of halogens is 3. The van der Waals surface area contributed by atoms with Gasteiger partial charge in [0.25, 0.3) is 5.91 Å². The molecule has 0 saturated heterocycles. The molecule has 1 aromatic carbocycles. The second-order valence-electron chi connectivity index (χ2n) is 5.23. The van der Waals surface area contributed by atoms with Crippen molar-refractivity contribution in [2.24, 2.45) is 0 Å². The smallest absolute Gasteiger partial charge is 0.257 e. The highest BCUT2D eigenvalue weighted by atomic mass is 35.5. The fourth-order valence-electron chi connectivity index (χ4n) is 2.32. The Morgan fingerprint density at radius 2 is 2.08 bits per heavy atom. The van der Waals surface area contributed by atoms with Gasteiger partial charge >= 0.3 is 0 Å². The van der Waals surface area contributed by atoms with E-state index in [-0.39, 0.29) is 34.1 Å². The van der Waals surface area contributed by atoms with E-state index in [9.17, 15) is 9.18 Å². The number of hydrogen-bond donors (Lipinski definition) is 1. The summed E-state index contributed by atoms with van der Waals surface area (Å²) in [4.78, 5) is 16.5. The SMILES string of the molecule is Cc1onc(-c2c(F)cccc2Cl)c1C(=O)NCc1ccc(Cl)nc1. The number of benzene rings is 1. The molecule has 0 spiro atoms. The van der Waals surface area contributed by atoms with Crippen molar-refractivity contribution in [1.29, 1.82) is 0 Å². The Kier molecular flexibility index (Phi) is 5.01. The number of aryl methyl sites for hydroxylation is 1. The molecular weight excluding hydrogens is 368 g/mol. The van der Waals surface area contributed by atoms with Crippen LogP contribution in [-0.4, -0.2) is 16.0 Å². The van der Waals surface area contributed by atoms with Crippen LogP contribution < -0.4 is 5.32 Å². The fourth-order valence-corrected chi connectivity index (χ4v) is 2.68. The Balaban J connectivity index is 1.88. The monoisotopic (exact) mass is 379 g/mol. The summed E-state index contributed by atoms with van der Waals surface area (Å²) in [5, 5.41) is 7.03. The van der Waals surface area contributed by atoms with Crippen LogP contribution in [0.1, 0.15) is 21.7 Å². The molecule has 0 saturated carbocycles. The van der Waals surface area contributed by atoms with E-state index in [0.717, 1.165) is 5.56 Å². The molecule has 2 heterocycles. The zero-order valence-electron chi connectivity index (χ0n) is 13.0. The molecule has 1 amide bonds. The van der Waals surface area contributed by atoms with Crippen LogP contribution in [0.4, 0.5) is 4.39 Å². The first-order valence-corrected chi connectivity index (χ1v) is 8.02. The minimum Gasteiger partial charge on any atom is -0.360 e. The molecule has 0 aliphatic heterocycles. The summed E-state index contributed by atoms with van der Waals surface area (Å²) in [6.45, 7) is 1.79. The lowest BCUT2D eigenvalue weighted by Crippen LogP contribution is -2.23. The van der Waals surface area contributed by atoms with Crippen LogP contribution in [0.3, 0.4) is 0 Å². The summed E-state index contributed by atoms with van der Waals surface area (Å²) in [6.07, 6.45) is 1.55. The number of nitrogens with zero attached hydrogens (tertiary/aromatic N) is 2. The highest BCUT2D eigenvalue weighted by molar-refractivity contribution is 6.33. The van der Waals surface area contributed by atoms with E-state index in [2.05, 4.69) is 15.5 Å². The molecular formula is C17H12Cl2FN3O2. The average Bonchev–Trinajstić information content (AvgIpc) is 2.95. The van der Waals surface area contributed by atoms with Crippen molar-refractivity contribution in [3.8, 4) is 11.3 Å². The maximum Gasteiger partial charge on any atom is 0.257 e. The van der Waals surface area contributed by atoms with Gasteiger partial charge in [0.15, 0.2) is 0 Å². The van der Waals surface area contributed by atoms with E-state index in [0.29, 0.717) is 5.15 Å². The number of hydrogen-bond acceptors (Lipinski definition) is 4. The molecule has 8 heteroatoms. The van der Waals surface area contributed by atoms with Crippen LogP contribution in [0, 0.1) is 12.7 Å². The molecule has 2 aromatic heterocycles. The Morgan fingerprint density at radius 1 is 1.28 bits per heavy atom. The second-order valence-corrected chi connectivity index (χ2v) is 6.03. The predicted molar refractivity (Wildman–Crippen MR) is 92.1 cm³/mol. The van der Waals surface area contributed by atoms with Crippen molar-refractivity contribution in [1.82, 2.24) is 15.5 Å². The molecule has 0 aliphatic carbocycles. The molecule has 25 heavy (non-hydrogen) atoms. The maximum atomic E-state index is 14.2. The van der Waals surface area contributed by atoms with Crippen molar-refractivity contribution < 1.29 is 13.7 Å². The zero-order valence-corrected chi connectivity index (χ0v) is 14.5. The van der Waals surface area contributed by atoms with Gasteiger partial charge < -0.3 is 9.84 Å². The number of carbonyl (C=O) groups excluding carboxylic acids is 1. The molecule has 0 atom stereocenters. The van der Waals surface area contributed by atoms with E-state index in [1.54, 1.807) is 25.3 Å². The summed E-state index contributed by atoms with van der Waals surface area (Å²) in [5.74, 6) is -0.777. The zero-order chi connectivity index (χ0) is 18.0. The Hall–Kier alpha value is -2.44. The highest BCUT2D eigenvalue weighted by Gasteiger charge is 2.25. The first kappa shape index (κ1) is 17.4. The minimum absolute atomic E-state index is 0.0272. The van der Waals surface area contributed by atoms with Crippen LogP contribution >= 0.6 is 23.2 Å². The van der Waals surface area contributed by atoms with E-state index in [1.165, 1.54) is 18.2 Å². The third-order valence-electron chi connectivity index (χ3n) is 3.53. The summed E-state index contributed by atoms with van der Waals surface area (Å²) < 4.78 is 19.2. The van der Waals surface area contributed by atoms with Crippen molar-refractivity contribution in [2.75, 3.05) is 0 Å². The van der Waals surface area contributed by atoms with Gasteiger partial charge in [0, 0.05) is 12.7 Å². The molecule has 128 valence electrons. The number of pyridine rings is 1. The Labute approximate surface area is 152 Å². The summed E-state index contributed by atoms with van der Waals surface area (Å²) in [5.41, 5.74) is 0.984. The van der Waals surface area contributed by atoms with Gasteiger partial charge in [-0.15, -0.1) is 0 Å². The topological polar surface area (TPSA) is 68.0 Å². The standard InChI is InChI=1S/C17H12Cl2FN3O2/c1-9-14(17(24)22-8-10-5-6-13(19)21-7-10)16(23-25-9)15-11(18)3-2-4-12(15)20/h2-7H,8H2,1H3,(H,22,24).